The smallest absolute Gasteiger partial charge is 0.338 e. The zero-order chi connectivity index (χ0) is 22.5. The van der Waals surface area contributed by atoms with Crippen LogP contribution in [0.4, 0.5) is 5.69 Å². The first-order valence-corrected chi connectivity index (χ1v) is 9.72. The van der Waals surface area contributed by atoms with Crippen molar-refractivity contribution in [3.8, 4) is 17.2 Å². The number of rotatable bonds is 7. The summed E-state index contributed by atoms with van der Waals surface area (Å²) < 4.78 is 17.1. The minimum absolute atomic E-state index is 0.312. The maximum absolute atomic E-state index is 12.3. The first kappa shape index (κ1) is 22.2. The van der Waals surface area contributed by atoms with E-state index < -0.39 is 18.5 Å². The van der Waals surface area contributed by atoms with E-state index in [0.717, 1.165) is 17.1 Å². The third-order valence-electron chi connectivity index (χ3n) is 4.52. The van der Waals surface area contributed by atoms with Crippen LogP contribution in [-0.4, -0.2) is 42.5 Å². The van der Waals surface area contributed by atoms with Crippen molar-refractivity contribution in [2.24, 2.45) is 0 Å². The molecule has 0 bridgehead atoms. The zero-order valence-corrected chi connectivity index (χ0v) is 18.3. The molecule has 8 nitrogen and oxygen atoms in total. The average Bonchev–Trinajstić information content (AvgIpc) is 3.04. The van der Waals surface area contributed by atoms with Gasteiger partial charge < -0.3 is 19.5 Å². The van der Waals surface area contributed by atoms with Crippen LogP contribution in [0.2, 0.25) is 5.02 Å². The Labute approximate surface area is 184 Å². The molecule has 0 fully saturated rings. The molecular formula is C22H22ClN3O5. The second-order valence-corrected chi connectivity index (χ2v) is 7.05. The number of hydrogen-bond donors (Lipinski definition) is 1. The van der Waals surface area contributed by atoms with Crippen LogP contribution in [0.25, 0.3) is 5.69 Å². The lowest BCUT2D eigenvalue weighted by atomic mass is 10.2. The van der Waals surface area contributed by atoms with Crippen LogP contribution >= 0.6 is 11.6 Å². The van der Waals surface area contributed by atoms with Crippen LogP contribution < -0.4 is 14.8 Å². The highest BCUT2D eigenvalue weighted by Crippen LogP contribution is 2.26. The monoisotopic (exact) mass is 443 g/mol. The van der Waals surface area contributed by atoms with Crippen molar-refractivity contribution in [1.29, 1.82) is 0 Å². The Balaban J connectivity index is 1.60. The molecule has 0 radical (unpaired) electrons. The van der Waals surface area contributed by atoms with Gasteiger partial charge in [0.25, 0.3) is 5.91 Å². The topological polar surface area (TPSA) is 91.7 Å². The van der Waals surface area contributed by atoms with Crippen LogP contribution in [0.3, 0.4) is 0 Å². The zero-order valence-electron chi connectivity index (χ0n) is 17.6. The van der Waals surface area contributed by atoms with E-state index >= 15 is 0 Å². The van der Waals surface area contributed by atoms with Gasteiger partial charge in [0.1, 0.15) is 11.5 Å². The normalized spacial score (nSPS) is 10.5. The Bertz CT molecular complexity index is 1090. The summed E-state index contributed by atoms with van der Waals surface area (Å²) in [4.78, 5) is 24.5. The summed E-state index contributed by atoms with van der Waals surface area (Å²) in [5.74, 6) is -0.0554. The lowest BCUT2D eigenvalue weighted by molar-refractivity contribution is -0.119. The fraction of sp³-hybridized carbons (Fsp3) is 0.227. The van der Waals surface area contributed by atoms with Crippen molar-refractivity contribution in [3.63, 3.8) is 0 Å². The van der Waals surface area contributed by atoms with E-state index in [1.807, 2.05) is 13.8 Å². The molecule has 0 saturated carbocycles. The van der Waals surface area contributed by atoms with Crippen molar-refractivity contribution >= 4 is 29.2 Å². The number of esters is 1. The van der Waals surface area contributed by atoms with Crippen molar-refractivity contribution in [2.45, 2.75) is 13.8 Å². The third-order valence-corrected chi connectivity index (χ3v) is 5.07. The molecule has 0 atom stereocenters. The molecule has 0 unspecified atom stereocenters. The van der Waals surface area contributed by atoms with Crippen molar-refractivity contribution in [3.05, 3.63) is 64.4 Å². The summed E-state index contributed by atoms with van der Waals surface area (Å²) in [6.45, 7) is 3.25. The number of anilines is 1. The van der Waals surface area contributed by atoms with E-state index in [0.29, 0.717) is 27.8 Å². The van der Waals surface area contributed by atoms with E-state index in [1.54, 1.807) is 47.1 Å². The molecule has 1 amide bonds. The molecule has 0 aliphatic rings. The Morgan fingerprint density at radius 3 is 2.16 bits per heavy atom. The molecule has 3 aromatic rings. The van der Waals surface area contributed by atoms with Crippen molar-refractivity contribution in [1.82, 2.24) is 9.78 Å². The van der Waals surface area contributed by atoms with Gasteiger partial charge >= 0.3 is 5.97 Å². The van der Waals surface area contributed by atoms with Crippen LogP contribution in [0.1, 0.15) is 21.7 Å². The number of amides is 1. The van der Waals surface area contributed by atoms with Gasteiger partial charge in [-0.15, -0.1) is 0 Å². The predicted octanol–water partition coefficient (Wildman–Crippen LogP) is 3.96. The summed E-state index contributed by atoms with van der Waals surface area (Å²) in [5, 5.41) is 7.62. The van der Waals surface area contributed by atoms with Crippen LogP contribution in [0.5, 0.6) is 11.5 Å². The van der Waals surface area contributed by atoms with Gasteiger partial charge in [-0.05, 0) is 38.1 Å². The Hall–Kier alpha value is -3.52. The van der Waals surface area contributed by atoms with Gasteiger partial charge in [-0.2, -0.15) is 5.10 Å². The predicted molar refractivity (Wildman–Crippen MR) is 117 cm³/mol. The second-order valence-electron chi connectivity index (χ2n) is 6.67. The highest BCUT2D eigenvalue weighted by atomic mass is 35.5. The Morgan fingerprint density at radius 2 is 1.65 bits per heavy atom. The molecule has 0 aliphatic carbocycles. The number of carbonyl (C=O) groups excluding carboxylic acids is 2. The summed E-state index contributed by atoms with van der Waals surface area (Å²) in [6.07, 6.45) is 0. The number of methoxy groups -OCH3 is 2. The Kier molecular flexibility index (Phi) is 6.81. The SMILES string of the molecule is COc1cc(NC(=O)COC(=O)c2ccc(-n3nc(C)c(Cl)c3C)cc2)cc(OC)c1. The number of halogens is 1. The number of ether oxygens (including phenoxy) is 3. The number of aryl methyl sites for hydroxylation is 1. The van der Waals surface area contributed by atoms with Crippen LogP contribution in [0.15, 0.2) is 42.5 Å². The van der Waals surface area contributed by atoms with Crippen molar-refractivity contribution < 1.29 is 23.8 Å². The van der Waals surface area contributed by atoms with Gasteiger partial charge in [-0.1, -0.05) is 11.6 Å². The molecule has 1 heterocycles. The molecule has 2 aromatic carbocycles. The lowest BCUT2D eigenvalue weighted by Gasteiger charge is -2.10. The molecule has 0 spiro atoms. The summed E-state index contributed by atoms with van der Waals surface area (Å²) >= 11 is 6.18. The summed E-state index contributed by atoms with van der Waals surface area (Å²) in [7, 11) is 3.02. The number of nitrogens with zero attached hydrogens (tertiary/aromatic N) is 2. The maximum Gasteiger partial charge on any atom is 0.338 e. The summed E-state index contributed by atoms with van der Waals surface area (Å²) in [6, 6.07) is 11.6. The number of benzene rings is 2. The van der Waals surface area contributed by atoms with Gasteiger partial charge in [-0.3, -0.25) is 4.79 Å². The third kappa shape index (κ3) is 5.16. The van der Waals surface area contributed by atoms with Crippen LogP contribution in [0, 0.1) is 13.8 Å². The van der Waals surface area contributed by atoms with Gasteiger partial charge in [0.15, 0.2) is 6.61 Å². The number of hydrogen-bond acceptors (Lipinski definition) is 6. The molecule has 3 rings (SSSR count). The van der Waals surface area contributed by atoms with Gasteiger partial charge in [0, 0.05) is 23.9 Å². The Morgan fingerprint density at radius 1 is 1.03 bits per heavy atom. The first-order chi connectivity index (χ1) is 14.8. The quantitative estimate of drug-likeness (QED) is 0.556. The van der Waals surface area contributed by atoms with Crippen molar-refractivity contribution in [2.75, 3.05) is 26.1 Å². The average molecular weight is 444 g/mol. The summed E-state index contributed by atoms with van der Waals surface area (Å²) in [5.41, 5.74) is 3.06. The number of aromatic nitrogens is 2. The minimum Gasteiger partial charge on any atom is -0.497 e. The standard InChI is InChI=1S/C22H22ClN3O5/c1-13-21(23)14(2)26(25-13)17-7-5-15(6-8-17)22(28)31-12-20(27)24-16-9-18(29-3)11-19(10-16)30-4/h5-11H,12H2,1-4H3,(H,24,27). The van der Waals surface area contributed by atoms with E-state index in [4.69, 9.17) is 25.8 Å². The van der Waals surface area contributed by atoms with Gasteiger partial charge in [-0.25, -0.2) is 9.48 Å². The molecule has 9 heteroatoms. The fourth-order valence-corrected chi connectivity index (χ4v) is 3.02. The number of carbonyl (C=O) groups is 2. The lowest BCUT2D eigenvalue weighted by Crippen LogP contribution is -2.21. The van der Waals surface area contributed by atoms with Gasteiger partial charge in [0.2, 0.25) is 0 Å². The van der Waals surface area contributed by atoms with Gasteiger partial charge in [0.05, 0.1) is 41.9 Å². The molecule has 1 N–H and O–H groups in total. The van der Waals surface area contributed by atoms with Crippen LogP contribution in [-0.2, 0) is 9.53 Å². The highest BCUT2D eigenvalue weighted by molar-refractivity contribution is 6.31. The second kappa shape index (κ2) is 9.53. The minimum atomic E-state index is -0.615. The van der Waals surface area contributed by atoms with E-state index in [2.05, 4.69) is 10.4 Å². The van der Waals surface area contributed by atoms with E-state index in [1.165, 1.54) is 14.2 Å². The highest BCUT2D eigenvalue weighted by Gasteiger charge is 2.14. The largest absolute Gasteiger partial charge is 0.497 e. The van der Waals surface area contributed by atoms with E-state index in [-0.39, 0.29) is 0 Å². The molecule has 31 heavy (non-hydrogen) atoms. The number of nitrogens with one attached hydrogen (secondary N) is 1. The maximum atomic E-state index is 12.3. The first-order valence-electron chi connectivity index (χ1n) is 9.34. The fourth-order valence-electron chi connectivity index (χ4n) is 2.90. The molecule has 162 valence electrons. The van der Waals surface area contributed by atoms with E-state index in [9.17, 15) is 9.59 Å². The molecule has 1 aromatic heterocycles. The molecule has 0 aliphatic heterocycles. The molecule has 0 saturated heterocycles. The molecular weight excluding hydrogens is 422 g/mol.